The van der Waals surface area contributed by atoms with E-state index in [2.05, 4.69) is 5.32 Å². The molecule has 0 radical (unpaired) electrons. The molecule has 0 unspecified atom stereocenters. The molecule has 1 amide bonds. The fourth-order valence-corrected chi connectivity index (χ4v) is 4.87. The molecule has 7 nitrogen and oxygen atoms in total. The lowest BCUT2D eigenvalue weighted by atomic mass is 10.2. The smallest absolute Gasteiger partial charge is 0.308 e. The molecule has 3 aromatic rings. The zero-order valence-corrected chi connectivity index (χ0v) is 18.3. The van der Waals surface area contributed by atoms with Gasteiger partial charge in [-0.25, -0.2) is 8.42 Å². The third kappa shape index (κ3) is 4.20. The molecule has 0 spiro atoms. The highest BCUT2D eigenvalue weighted by Crippen LogP contribution is 2.25. The van der Waals surface area contributed by atoms with Gasteiger partial charge in [0.05, 0.1) is 21.7 Å². The second-order valence-electron chi connectivity index (χ2n) is 6.88. The Hall–Kier alpha value is -2.65. The van der Waals surface area contributed by atoms with Gasteiger partial charge in [0.15, 0.2) is 0 Å². The number of thiazole rings is 1. The van der Waals surface area contributed by atoms with Crippen LogP contribution >= 0.6 is 11.3 Å². The monoisotopic (exact) mass is 433 g/mol. The SMILES string of the molecule is CCS(=O)(=O)N(C)c1ccc(C(=O)Nc2ccc3c(c2)sc(=O)n3C(C)C)cc1. The van der Waals surface area contributed by atoms with Crippen LogP contribution in [0.4, 0.5) is 11.4 Å². The van der Waals surface area contributed by atoms with E-state index in [0.29, 0.717) is 16.9 Å². The Morgan fingerprint density at radius 2 is 1.83 bits per heavy atom. The topological polar surface area (TPSA) is 88.5 Å². The maximum Gasteiger partial charge on any atom is 0.308 e. The van der Waals surface area contributed by atoms with Crippen LogP contribution in [0.2, 0.25) is 0 Å². The molecular formula is C20H23N3O4S2. The molecule has 9 heteroatoms. The standard InChI is InChI=1S/C20H23N3O4S2/c1-5-29(26,27)22(4)16-9-6-14(7-10-16)19(24)21-15-8-11-17-18(12-15)28-20(25)23(17)13(2)3/h6-13H,5H2,1-4H3,(H,21,24). The molecule has 0 aliphatic heterocycles. The van der Waals surface area contributed by atoms with Gasteiger partial charge >= 0.3 is 4.87 Å². The quantitative estimate of drug-likeness (QED) is 0.642. The molecule has 0 aliphatic rings. The summed E-state index contributed by atoms with van der Waals surface area (Å²) in [7, 11) is -1.87. The van der Waals surface area contributed by atoms with Gasteiger partial charge < -0.3 is 5.32 Å². The normalized spacial score (nSPS) is 11.8. The molecule has 154 valence electrons. The molecule has 1 aromatic heterocycles. The van der Waals surface area contributed by atoms with Crippen LogP contribution in [0.15, 0.2) is 47.3 Å². The summed E-state index contributed by atoms with van der Waals surface area (Å²) >= 11 is 1.15. The van der Waals surface area contributed by atoms with Crippen molar-refractivity contribution in [2.75, 3.05) is 22.4 Å². The minimum atomic E-state index is -3.36. The summed E-state index contributed by atoms with van der Waals surface area (Å²) in [5, 5.41) is 2.82. The van der Waals surface area contributed by atoms with Crippen LogP contribution < -0.4 is 14.5 Å². The van der Waals surface area contributed by atoms with Crippen LogP contribution in [-0.4, -0.2) is 31.7 Å². The molecule has 0 saturated carbocycles. The summed E-state index contributed by atoms with van der Waals surface area (Å²) in [6.07, 6.45) is 0. The maximum atomic E-state index is 12.6. The number of nitrogens with zero attached hydrogens (tertiary/aromatic N) is 2. The Kier molecular flexibility index (Phi) is 5.81. The molecule has 0 saturated heterocycles. The van der Waals surface area contributed by atoms with Gasteiger partial charge in [0.25, 0.3) is 5.91 Å². The summed E-state index contributed by atoms with van der Waals surface area (Å²) in [6, 6.07) is 11.8. The molecule has 0 bridgehead atoms. The van der Waals surface area contributed by atoms with Gasteiger partial charge in [0.1, 0.15) is 0 Å². The lowest BCUT2D eigenvalue weighted by Crippen LogP contribution is -2.28. The van der Waals surface area contributed by atoms with Crippen molar-refractivity contribution in [2.24, 2.45) is 0 Å². The van der Waals surface area contributed by atoms with Crippen molar-refractivity contribution in [3.05, 3.63) is 57.7 Å². The van der Waals surface area contributed by atoms with Crippen LogP contribution in [0, 0.1) is 0 Å². The summed E-state index contributed by atoms with van der Waals surface area (Å²) < 4.78 is 27.7. The van der Waals surface area contributed by atoms with E-state index in [1.165, 1.54) is 11.4 Å². The summed E-state index contributed by atoms with van der Waals surface area (Å²) in [4.78, 5) is 24.7. The van der Waals surface area contributed by atoms with E-state index in [-0.39, 0.29) is 22.6 Å². The number of hydrogen-bond donors (Lipinski definition) is 1. The second kappa shape index (κ2) is 8.00. The van der Waals surface area contributed by atoms with Gasteiger partial charge in [-0.1, -0.05) is 11.3 Å². The first-order valence-corrected chi connectivity index (χ1v) is 11.6. The molecule has 3 rings (SSSR count). The van der Waals surface area contributed by atoms with Crippen molar-refractivity contribution in [3.8, 4) is 0 Å². The maximum absolute atomic E-state index is 12.6. The van der Waals surface area contributed by atoms with Gasteiger partial charge in [-0.2, -0.15) is 0 Å². The van der Waals surface area contributed by atoms with Crippen LogP contribution in [0.1, 0.15) is 37.2 Å². The first-order chi connectivity index (χ1) is 13.6. The average Bonchev–Trinajstić information content (AvgIpc) is 3.02. The summed E-state index contributed by atoms with van der Waals surface area (Å²) in [5.41, 5.74) is 2.33. The molecule has 0 aliphatic carbocycles. The lowest BCUT2D eigenvalue weighted by molar-refractivity contribution is 0.102. The lowest BCUT2D eigenvalue weighted by Gasteiger charge is -2.18. The Morgan fingerprint density at radius 3 is 2.41 bits per heavy atom. The predicted molar refractivity (Wildman–Crippen MR) is 119 cm³/mol. The number of amides is 1. The minimum Gasteiger partial charge on any atom is -0.322 e. The van der Waals surface area contributed by atoms with E-state index < -0.39 is 10.0 Å². The molecule has 0 atom stereocenters. The van der Waals surface area contributed by atoms with Crippen LogP contribution in [0.3, 0.4) is 0 Å². The highest BCUT2D eigenvalue weighted by atomic mass is 32.2. The third-order valence-corrected chi connectivity index (χ3v) is 7.36. The number of rotatable bonds is 6. The highest BCUT2D eigenvalue weighted by Gasteiger charge is 2.16. The number of carbonyl (C=O) groups excluding carboxylic acids is 1. The number of carbonyl (C=O) groups is 1. The molecule has 0 fully saturated rings. The summed E-state index contributed by atoms with van der Waals surface area (Å²) in [6.45, 7) is 5.49. The van der Waals surface area contributed by atoms with E-state index >= 15 is 0 Å². The molecule has 1 N–H and O–H groups in total. The number of fused-ring (bicyclic) bond motifs is 1. The molecule has 29 heavy (non-hydrogen) atoms. The Balaban J connectivity index is 1.81. The number of anilines is 2. The summed E-state index contributed by atoms with van der Waals surface area (Å²) in [5.74, 6) is -0.314. The zero-order chi connectivity index (χ0) is 21.3. The first kappa shape index (κ1) is 21.1. The zero-order valence-electron chi connectivity index (χ0n) is 16.7. The largest absolute Gasteiger partial charge is 0.322 e. The van der Waals surface area contributed by atoms with Crippen LogP contribution in [-0.2, 0) is 10.0 Å². The first-order valence-electron chi connectivity index (χ1n) is 9.17. The van der Waals surface area contributed by atoms with E-state index in [1.54, 1.807) is 47.9 Å². The van der Waals surface area contributed by atoms with E-state index in [4.69, 9.17) is 0 Å². The Labute approximate surface area is 173 Å². The number of nitrogens with one attached hydrogen (secondary N) is 1. The molecular weight excluding hydrogens is 410 g/mol. The number of hydrogen-bond acceptors (Lipinski definition) is 5. The fourth-order valence-electron chi connectivity index (χ4n) is 2.98. The molecule has 2 aromatic carbocycles. The van der Waals surface area contributed by atoms with Gasteiger partial charge in [0.2, 0.25) is 10.0 Å². The van der Waals surface area contributed by atoms with E-state index in [9.17, 15) is 18.0 Å². The predicted octanol–water partition coefficient (Wildman–Crippen LogP) is 3.68. The van der Waals surface area contributed by atoms with Crippen molar-refractivity contribution >= 4 is 48.9 Å². The third-order valence-electron chi connectivity index (χ3n) is 4.66. The van der Waals surface area contributed by atoms with Gasteiger partial charge in [-0.05, 0) is 63.2 Å². The number of aromatic nitrogens is 1. The Bertz CT molecular complexity index is 1210. The fraction of sp³-hybridized carbons (Fsp3) is 0.300. The van der Waals surface area contributed by atoms with Crippen molar-refractivity contribution < 1.29 is 13.2 Å². The van der Waals surface area contributed by atoms with Crippen molar-refractivity contribution in [1.29, 1.82) is 0 Å². The van der Waals surface area contributed by atoms with Crippen molar-refractivity contribution in [3.63, 3.8) is 0 Å². The van der Waals surface area contributed by atoms with Crippen LogP contribution in [0.25, 0.3) is 10.2 Å². The number of sulfonamides is 1. The van der Waals surface area contributed by atoms with Crippen LogP contribution in [0.5, 0.6) is 0 Å². The average molecular weight is 434 g/mol. The number of benzene rings is 2. The second-order valence-corrected chi connectivity index (χ2v) is 10.2. The van der Waals surface area contributed by atoms with Crippen molar-refractivity contribution in [1.82, 2.24) is 4.57 Å². The van der Waals surface area contributed by atoms with Crippen molar-refractivity contribution in [2.45, 2.75) is 26.8 Å². The minimum absolute atomic E-state index is 0.00117. The Morgan fingerprint density at radius 1 is 1.17 bits per heavy atom. The van der Waals surface area contributed by atoms with E-state index in [1.807, 2.05) is 19.9 Å². The van der Waals surface area contributed by atoms with Gasteiger partial charge in [-0.3, -0.25) is 18.5 Å². The molecule has 1 heterocycles. The van der Waals surface area contributed by atoms with Gasteiger partial charge in [0, 0.05) is 24.3 Å². The van der Waals surface area contributed by atoms with E-state index in [0.717, 1.165) is 21.6 Å². The highest BCUT2D eigenvalue weighted by molar-refractivity contribution is 7.92. The van der Waals surface area contributed by atoms with Gasteiger partial charge in [-0.15, -0.1) is 0 Å².